The van der Waals surface area contributed by atoms with E-state index in [0.29, 0.717) is 0 Å². The van der Waals surface area contributed by atoms with Crippen molar-refractivity contribution in [3.8, 4) is 0 Å². The third-order valence-electron chi connectivity index (χ3n) is 0. The zero-order valence-corrected chi connectivity index (χ0v) is 3.25. The minimum absolute atomic E-state index is 1.52. The van der Waals surface area contributed by atoms with Gasteiger partial charge in [0, 0.05) is 15.9 Å². The molecule has 0 aromatic heterocycles. The maximum Gasteiger partial charge on any atom is 0.366 e. The van der Waals surface area contributed by atoms with Crippen LogP contribution in [0.3, 0.4) is 0 Å². The Hall–Kier alpha value is 0.0800. The van der Waals surface area contributed by atoms with Crippen LogP contribution in [0.4, 0.5) is 9.18 Å². The van der Waals surface area contributed by atoms with E-state index in [9.17, 15) is 4.39 Å². The molecule has 24 valence electrons. The SMILES string of the molecule is O=C(F)Br. The first-order valence-corrected chi connectivity index (χ1v) is 1.38. The van der Waals surface area contributed by atoms with Gasteiger partial charge in [-0.25, -0.2) is 4.79 Å². The van der Waals surface area contributed by atoms with Gasteiger partial charge in [0.1, 0.15) is 0 Å². The molecule has 0 aliphatic rings. The molecule has 0 saturated carbocycles. The lowest BCUT2D eigenvalue weighted by Crippen LogP contribution is -1.49. The number of carbonyl (C=O) groups is 1. The highest BCUT2D eigenvalue weighted by atomic mass is 79.9. The fourth-order valence-corrected chi connectivity index (χ4v) is 0. The number of halogens is 2. The van der Waals surface area contributed by atoms with E-state index < -0.39 is 4.95 Å². The van der Waals surface area contributed by atoms with E-state index >= 15 is 0 Å². The summed E-state index contributed by atoms with van der Waals surface area (Å²) in [6.07, 6.45) is 0. The second-order valence-corrected chi connectivity index (χ2v) is 0.849. The van der Waals surface area contributed by atoms with Gasteiger partial charge in [0.15, 0.2) is 0 Å². The maximum absolute atomic E-state index is 10.3. The monoisotopic (exact) mass is 126 g/mol. The highest BCUT2D eigenvalue weighted by molar-refractivity contribution is 9.18. The maximum atomic E-state index is 10.3. The fraction of sp³-hybridized carbons (Fsp3) is 0. The van der Waals surface area contributed by atoms with Crippen LogP contribution in [0.5, 0.6) is 0 Å². The summed E-state index contributed by atoms with van der Waals surface area (Å²) in [6.45, 7) is 0. The second-order valence-electron chi connectivity index (χ2n) is 0.226. The van der Waals surface area contributed by atoms with Crippen LogP contribution in [-0.2, 0) is 0 Å². The van der Waals surface area contributed by atoms with Crippen molar-refractivity contribution in [3.05, 3.63) is 0 Å². The minimum Gasteiger partial charge on any atom is -0.248 e. The fourth-order valence-electron chi connectivity index (χ4n) is 0. The Morgan fingerprint density at radius 2 is 2.00 bits per heavy atom. The van der Waals surface area contributed by atoms with E-state index in [1.54, 1.807) is 0 Å². The molecule has 0 atom stereocenters. The van der Waals surface area contributed by atoms with E-state index in [2.05, 4.69) is 0 Å². The average Bonchev–Trinajstić information content (AvgIpc) is 0.811. The molecule has 0 unspecified atom stereocenters. The summed E-state index contributed by atoms with van der Waals surface area (Å²) in [4.78, 5) is 7.17. The van der Waals surface area contributed by atoms with Gasteiger partial charge >= 0.3 is 4.95 Å². The molecule has 4 heavy (non-hydrogen) atoms. The van der Waals surface area contributed by atoms with Crippen LogP contribution < -0.4 is 0 Å². The number of carbonyl (C=O) groups excluding carboxylic acids is 1. The molecular formula is CBrFO. The standard InChI is InChI=1S/CBrFO/c2-1(3)4. The van der Waals surface area contributed by atoms with Crippen molar-refractivity contribution in [1.29, 1.82) is 0 Å². The first-order chi connectivity index (χ1) is 1.73. The summed E-state index contributed by atoms with van der Waals surface area (Å²) in [5, 5.41) is 0. The van der Waals surface area contributed by atoms with Crippen molar-refractivity contribution in [1.82, 2.24) is 0 Å². The first kappa shape index (κ1) is 4.08. The lowest BCUT2D eigenvalue weighted by molar-refractivity contribution is 0.246. The zero-order valence-electron chi connectivity index (χ0n) is 1.66. The first-order valence-electron chi connectivity index (χ1n) is 0.582. The van der Waals surface area contributed by atoms with Crippen molar-refractivity contribution < 1.29 is 9.18 Å². The Balaban J connectivity index is 2.80. The van der Waals surface area contributed by atoms with E-state index in [0.717, 1.165) is 0 Å². The molecule has 0 radical (unpaired) electrons. The summed E-state index contributed by atoms with van der Waals surface area (Å²) in [6, 6.07) is 0. The molecule has 0 N–H and O–H groups in total. The smallest absolute Gasteiger partial charge is 0.248 e. The molecule has 3 heteroatoms. The second kappa shape index (κ2) is 1.40. The average molecular weight is 127 g/mol. The van der Waals surface area contributed by atoms with Crippen molar-refractivity contribution >= 4 is 20.9 Å². The van der Waals surface area contributed by atoms with Gasteiger partial charge in [0.2, 0.25) is 0 Å². The van der Waals surface area contributed by atoms with Crippen LogP contribution in [-0.4, -0.2) is 4.95 Å². The largest absolute Gasteiger partial charge is 0.366 e. The summed E-state index contributed by atoms with van der Waals surface area (Å²) in [5.74, 6) is 0. The molecule has 0 aliphatic carbocycles. The van der Waals surface area contributed by atoms with E-state index in [-0.39, 0.29) is 0 Å². The Morgan fingerprint density at radius 1 is 2.00 bits per heavy atom. The third-order valence-corrected chi connectivity index (χ3v) is 0. The minimum atomic E-state index is -1.52. The Labute approximate surface area is 30.9 Å². The third kappa shape index (κ3) is 379. The molecule has 0 fully saturated rings. The Morgan fingerprint density at radius 3 is 2.00 bits per heavy atom. The molecule has 0 aromatic carbocycles. The predicted molar refractivity (Wildman–Crippen MR) is 15.4 cm³/mol. The molecule has 0 heterocycles. The van der Waals surface area contributed by atoms with E-state index in [1.165, 1.54) is 0 Å². The molecular weight excluding hydrogens is 127 g/mol. The van der Waals surface area contributed by atoms with Gasteiger partial charge in [-0.1, -0.05) is 0 Å². The highest BCUT2D eigenvalue weighted by Gasteiger charge is 1.74. The molecule has 0 bridgehead atoms. The Kier molecular flexibility index (Phi) is 1.43. The van der Waals surface area contributed by atoms with Crippen molar-refractivity contribution in [3.63, 3.8) is 0 Å². The quantitative estimate of drug-likeness (QED) is 0.450. The van der Waals surface area contributed by atoms with Gasteiger partial charge in [0.25, 0.3) is 0 Å². The lowest BCUT2D eigenvalue weighted by atomic mass is 11.7. The van der Waals surface area contributed by atoms with Crippen LogP contribution in [0.15, 0.2) is 0 Å². The van der Waals surface area contributed by atoms with Crippen LogP contribution in [0.2, 0.25) is 0 Å². The molecule has 0 rings (SSSR count). The topological polar surface area (TPSA) is 17.1 Å². The summed E-state index contributed by atoms with van der Waals surface area (Å²) in [5.41, 5.74) is 0. The summed E-state index contributed by atoms with van der Waals surface area (Å²) >= 11 is 1.97. The van der Waals surface area contributed by atoms with Crippen molar-refractivity contribution in [2.45, 2.75) is 0 Å². The van der Waals surface area contributed by atoms with Gasteiger partial charge in [0.05, 0.1) is 0 Å². The zero-order chi connectivity index (χ0) is 3.58. The van der Waals surface area contributed by atoms with Gasteiger partial charge in [-0.05, 0) is 0 Å². The summed E-state index contributed by atoms with van der Waals surface area (Å²) in [7, 11) is 0. The Bertz CT molecular complexity index is 31.0. The number of hydrogen-bond acceptors (Lipinski definition) is 1. The van der Waals surface area contributed by atoms with Crippen LogP contribution >= 0.6 is 15.9 Å². The van der Waals surface area contributed by atoms with Crippen LogP contribution in [0.25, 0.3) is 0 Å². The van der Waals surface area contributed by atoms with Crippen LogP contribution in [0.1, 0.15) is 0 Å². The summed E-state index contributed by atoms with van der Waals surface area (Å²) < 4.78 is 10.3. The molecule has 1 nitrogen and oxygen atoms in total. The highest BCUT2D eigenvalue weighted by Crippen LogP contribution is 1.83. The van der Waals surface area contributed by atoms with E-state index in [4.69, 9.17) is 4.79 Å². The normalized spacial score (nSPS) is 6.50. The predicted octanol–water partition coefficient (Wildman–Crippen LogP) is 1.47. The molecule has 0 amide bonds. The molecule has 0 aliphatic heterocycles. The van der Waals surface area contributed by atoms with Crippen LogP contribution in [0, 0.1) is 0 Å². The number of rotatable bonds is 0. The van der Waals surface area contributed by atoms with Gasteiger partial charge in [-0.3, -0.25) is 0 Å². The van der Waals surface area contributed by atoms with Gasteiger partial charge in [-0.2, -0.15) is 4.39 Å². The molecule has 0 saturated heterocycles. The van der Waals surface area contributed by atoms with E-state index in [1.807, 2.05) is 15.9 Å². The van der Waals surface area contributed by atoms with Crippen molar-refractivity contribution in [2.75, 3.05) is 0 Å². The van der Waals surface area contributed by atoms with Gasteiger partial charge in [-0.15, -0.1) is 0 Å². The lowest BCUT2D eigenvalue weighted by Gasteiger charge is -1.47. The van der Waals surface area contributed by atoms with Crippen molar-refractivity contribution in [2.24, 2.45) is 0 Å². The molecule has 0 aromatic rings. The van der Waals surface area contributed by atoms with Gasteiger partial charge < -0.3 is 0 Å². The number of hydrogen-bond donors (Lipinski definition) is 0. The molecule has 0 spiro atoms.